The molecule has 2 aromatic rings. The normalized spacial score (nSPS) is 14.8. The van der Waals surface area contributed by atoms with E-state index in [1.54, 1.807) is 11.9 Å². The summed E-state index contributed by atoms with van der Waals surface area (Å²) in [5.74, 6) is -0.698. The summed E-state index contributed by atoms with van der Waals surface area (Å²) in [6, 6.07) is 3.14. The summed E-state index contributed by atoms with van der Waals surface area (Å²) in [4.78, 5) is 4.04. The largest absolute Gasteiger partial charge is 0.338 e. The Bertz CT molecular complexity index is 586. The average molecular weight is 283 g/mol. The first-order chi connectivity index (χ1) is 9.22. The molecule has 1 N–H and O–H groups in total. The van der Waals surface area contributed by atoms with Gasteiger partial charge in [-0.1, -0.05) is 17.1 Å². The van der Waals surface area contributed by atoms with Crippen LogP contribution in [-0.4, -0.2) is 15.4 Å². The minimum absolute atomic E-state index is 0.00449. The van der Waals surface area contributed by atoms with E-state index >= 15 is 0 Å². The third kappa shape index (κ3) is 3.10. The molecule has 4 nitrogen and oxygen atoms in total. The first kappa shape index (κ1) is 12.6. The standard InChI is InChI=1S/C12H11F2N3OS/c13-7-1-4-10(14)9(5-7)12-16-11(18-17-12)6-15-19-8-2-3-8/h1,4-5,8,15H,2-3,6H2. The fourth-order valence-corrected chi connectivity index (χ4v) is 2.33. The van der Waals surface area contributed by atoms with Gasteiger partial charge in [-0.05, 0) is 31.0 Å². The van der Waals surface area contributed by atoms with Gasteiger partial charge in [-0.3, -0.25) is 4.72 Å². The monoisotopic (exact) mass is 283 g/mol. The Hall–Kier alpha value is -1.47. The van der Waals surface area contributed by atoms with E-state index in [0.29, 0.717) is 17.7 Å². The van der Waals surface area contributed by atoms with Crippen LogP contribution in [0.25, 0.3) is 11.4 Å². The molecule has 1 aliphatic rings. The number of hydrogen-bond acceptors (Lipinski definition) is 5. The van der Waals surface area contributed by atoms with Crippen molar-refractivity contribution in [3.8, 4) is 11.4 Å². The topological polar surface area (TPSA) is 51.0 Å². The van der Waals surface area contributed by atoms with Gasteiger partial charge in [0.05, 0.1) is 12.1 Å². The van der Waals surface area contributed by atoms with Crippen molar-refractivity contribution in [2.24, 2.45) is 0 Å². The molecular weight excluding hydrogens is 272 g/mol. The fraction of sp³-hybridized carbons (Fsp3) is 0.333. The molecule has 1 aliphatic carbocycles. The van der Waals surface area contributed by atoms with Gasteiger partial charge in [-0.2, -0.15) is 4.98 Å². The maximum absolute atomic E-state index is 13.5. The van der Waals surface area contributed by atoms with Gasteiger partial charge in [-0.25, -0.2) is 8.78 Å². The zero-order chi connectivity index (χ0) is 13.2. The van der Waals surface area contributed by atoms with Crippen LogP contribution < -0.4 is 4.72 Å². The highest BCUT2D eigenvalue weighted by Gasteiger charge is 2.22. The number of nitrogens with one attached hydrogen (secondary N) is 1. The Morgan fingerprint density at radius 3 is 3.00 bits per heavy atom. The average Bonchev–Trinajstić information content (AvgIpc) is 3.10. The number of aromatic nitrogens is 2. The van der Waals surface area contributed by atoms with Crippen LogP contribution in [0.5, 0.6) is 0 Å². The number of rotatable bonds is 5. The van der Waals surface area contributed by atoms with Crippen molar-refractivity contribution in [2.45, 2.75) is 24.6 Å². The van der Waals surface area contributed by atoms with E-state index in [0.717, 1.165) is 18.2 Å². The third-order valence-electron chi connectivity index (χ3n) is 2.64. The molecule has 0 saturated heterocycles. The maximum Gasteiger partial charge on any atom is 0.241 e. The van der Waals surface area contributed by atoms with Crippen molar-refractivity contribution in [1.82, 2.24) is 14.9 Å². The summed E-state index contributed by atoms with van der Waals surface area (Å²) in [5, 5.41) is 4.33. The summed E-state index contributed by atoms with van der Waals surface area (Å²) in [6.45, 7) is 0.408. The van der Waals surface area contributed by atoms with E-state index in [9.17, 15) is 8.78 Å². The van der Waals surface area contributed by atoms with Crippen molar-refractivity contribution in [2.75, 3.05) is 0 Å². The van der Waals surface area contributed by atoms with Crippen LogP contribution >= 0.6 is 11.9 Å². The number of nitrogens with zero attached hydrogens (tertiary/aromatic N) is 2. The second kappa shape index (κ2) is 5.26. The van der Waals surface area contributed by atoms with Crippen LogP contribution in [-0.2, 0) is 6.54 Å². The van der Waals surface area contributed by atoms with E-state index in [1.165, 1.54) is 12.8 Å². The molecule has 19 heavy (non-hydrogen) atoms. The van der Waals surface area contributed by atoms with Crippen molar-refractivity contribution in [1.29, 1.82) is 0 Å². The minimum atomic E-state index is -0.575. The summed E-state index contributed by atoms with van der Waals surface area (Å²) in [7, 11) is 0. The minimum Gasteiger partial charge on any atom is -0.338 e. The fourth-order valence-electron chi connectivity index (χ4n) is 1.51. The lowest BCUT2D eigenvalue weighted by atomic mass is 10.2. The molecule has 3 rings (SSSR count). The summed E-state index contributed by atoms with van der Waals surface area (Å²) in [5.41, 5.74) is 0.00449. The lowest BCUT2D eigenvalue weighted by Crippen LogP contribution is -2.04. The SMILES string of the molecule is Fc1ccc(F)c(-c2noc(CNSC3CC3)n2)c1. The molecule has 0 spiro atoms. The molecule has 7 heteroatoms. The molecule has 0 amide bonds. The van der Waals surface area contributed by atoms with Crippen LogP contribution in [0, 0.1) is 11.6 Å². The highest BCUT2D eigenvalue weighted by molar-refractivity contribution is 7.98. The van der Waals surface area contributed by atoms with Crippen molar-refractivity contribution in [3.05, 3.63) is 35.7 Å². The quantitative estimate of drug-likeness (QED) is 0.855. The summed E-state index contributed by atoms with van der Waals surface area (Å²) < 4.78 is 34.7. The molecule has 1 fully saturated rings. The number of hydrogen-bond donors (Lipinski definition) is 1. The number of benzene rings is 1. The molecule has 100 valence electrons. The molecule has 0 radical (unpaired) electrons. The van der Waals surface area contributed by atoms with E-state index in [-0.39, 0.29) is 11.4 Å². The van der Waals surface area contributed by atoms with Gasteiger partial charge in [0.15, 0.2) is 0 Å². The lowest BCUT2D eigenvalue weighted by Gasteiger charge is -1.97. The molecule has 0 atom stereocenters. The molecule has 0 unspecified atom stereocenters. The van der Waals surface area contributed by atoms with E-state index < -0.39 is 11.6 Å². The van der Waals surface area contributed by atoms with Crippen LogP contribution in [0.4, 0.5) is 8.78 Å². The second-order valence-electron chi connectivity index (χ2n) is 4.27. The molecule has 1 saturated carbocycles. The van der Waals surface area contributed by atoms with Crippen LogP contribution in [0.1, 0.15) is 18.7 Å². The Morgan fingerprint density at radius 1 is 1.37 bits per heavy atom. The van der Waals surface area contributed by atoms with Gasteiger partial charge in [-0.15, -0.1) is 0 Å². The van der Waals surface area contributed by atoms with E-state index in [1.807, 2.05) is 0 Å². The maximum atomic E-state index is 13.5. The van der Waals surface area contributed by atoms with Gasteiger partial charge in [0.2, 0.25) is 11.7 Å². The van der Waals surface area contributed by atoms with Crippen LogP contribution in [0.3, 0.4) is 0 Å². The summed E-state index contributed by atoms with van der Waals surface area (Å²) >= 11 is 1.64. The zero-order valence-electron chi connectivity index (χ0n) is 9.90. The lowest BCUT2D eigenvalue weighted by molar-refractivity contribution is 0.377. The molecule has 1 heterocycles. The van der Waals surface area contributed by atoms with Crippen molar-refractivity contribution in [3.63, 3.8) is 0 Å². The zero-order valence-corrected chi connectivity index (χ0v) is 10.7. The summed E-state index contributed by atoms with van der Waals surface area (Å²) in [6.07, 6.45) is 2.45. The number of halogens is 2. The van der Waals surface area contributed by atoms with E-state index in [2.05, 4.69) is 14.9 Å². The Morgan fingerprint density at radius 2 is 2.21 bits per heavy atom. The van der Waals surface area contributed by atoms with Crippen molar-refractivity contribution < 1.29 is 13.3 Å². The van der Waals surface area contributed by atoms with Gasteiger partial charge in [0.1, 0.15) is 11.6 Å². The first-order valence-corrected chi connectivity index (χ1v) is 6.77. The molecule has 0 aliphatic heterocycles. The predicted octanol–water partition coefficient (Wildman–Crippen LogP) is 2.92. The Kier molecular flexibility index (Phi) is 3.48. The smallest absolute Gasteiger partial charge is 0.241 e. The Labute approximate surface area is 112 Å². The highest BCUT2D eigenvalue weighted by Crippen LogP contribution is 2.32. The van der Waals surface area contributed by atoms with Crippen LogP contribution in [0.15, 0.2) is 22.7 Å². The van der Waals surface area contributed by atoms with Gasteiger partial charge in [0, 0.05) is 5.25 Å². The third-order valence-corrected chi connectivity index (χ3v) is 3.75. The molecule has 0 bridgehead atoms. The van der Waals surface area contributed by atoms with Gasteiger partial charge >= 0.3 is 0 Å². The Balaban J connectivity index is 1.70. The molecule has 1 aromatic carbocycles. The second-order valence-corrected chi connectivity index (χ2v) is 5.47. The van der Waals surface area contributed by atoms with Gasteiger partial charge in [0.25, 0.3) is 0 Å². The molecular formula is C12H11F2N3OS. The van der Waals surface area contributed by atoms with Crippen molar-refractivity contribution >= 4 is 11.9 Å². The van der Waals surface area contributed by atoms with Crippen LogP contribution in [0.2, 0.25) is 0 Å². The first-order valence-electron chi connectivity index (χ1n) is 5.89. The van der Waals surface area contributed by atoms with E-state index in [4.69, 9.17) is 4.52 Å². The highest BCUT2D eigenvalue weighted by atomic mass is 32.2. The predicted molar refractivity (Wildman–Crippen MR) is 67.1 cm³/mol. The molecule has 1 aromatic heterocycles. The van der Waals surface area contributed by atoms with Gasteiger partial charge < -0.3 is 4.52 Å².